The molecule has 1 saturated heterocycles. The van der Waals surface area contributed by atoms with E-state index in [0.29, 0.717) is 17.2 Å². The van der Waals surface area contributed by atoms with Gasteiger partial charge in [0.2, 0.25) is 0 Å². The molecule has 1 aliphatic rings. The Hall–Kier alpha value is -3.13. The lowest BCUT2D eigenvalue weighted by Gasteiger charge is -2.38. The van der Waals surface area contributed by atoms with Crippen LogP contribution in [0, 0.1) is 11.3 Å². The monoisotopic (exact) mass is 576 g/mol. The number of nitrogens with zero attached hydrogens (tertiary/aromatic N) is 2. The van der Waals surface area contributed by atoms with Crippen molar-refractivity contribution in [1.29, 1.82) is 5.41 Å². The molecule has 2 heterocycles. The lowest BCUT2D eigenvalue weighted by molar-refractivity contribution is -0.182. The molecule has 3 rings (SSSR count). The molecule has 1 aromatic carbocycles. The SMILES string of the molecule is CC(COCCN(C)c1cc(C(=O)NC2(C)CS(=O)C2)cnc1C(=N)c1cccc(OC(F)F)c1)C(F)(F)F. The van der Waals surface area contributed by atoms with Crippen molar-refractivity contribution in [3.05, 3.63) is 53.3 Å². The number of rotatable bonds is 12. The van der Waals surface area contributed by atoms with Crippen molar-refractivity contribution in [1.82, 2.24) is 10.3 Å². The van der Waals surface area contributed by atoms with Gasteiger partial charge in [-0.1, -0.05) is 19.1 Å². The van der Waals surface area contributed by atoms with Gasteiger partial charge in [0.05, 0.1) is 41.6 Å². The van der Waals surface area contributed by atoms with Crippen LogP contribution in [0.5, 0.6) is 5.75 Å². The van der Waals surface area contributed by atoms with Crippen molar-refractivity contribution < 1.29 is 40.4 Å². The van der Waals surface area contributed by atoms with E-state index < -0.39 is 47.6 Å². The predicted molar refractivity (Wildman–Crippen MR) is 136 cm³/mol. The highest BCUT2D eigenvalue weighted by molar-refractivity contribution is 7.86. The van der Waals surface area contributed by atoms with E-state index in [9.17, 15) is 31.0 Å². The van der Waals surface area contributed by atoms with Crippen molar-refractivity contribution in [2.45, 2.75) is 32.2 Å². The topological polar surface area (TPSA) is 105 Å². The summed E-state index contributed by atoms with van der Waals surface area (Å²) in [5.74, 6) is -1.66. The fourth-order valence-corrected chi connectivity index (χ4v) is 5.27. The number of amides is 1. The highest BCUT2D eigenvalue weighted by Crippen LogP contribution is 2.27. The second-order valence-electron chi connectivity index (χ2n) is 9.56. The lowest BCUT2D eigenvalue weighted by atomic mass is 10.0. The molecule has 1 fully saturated rings. The molecular weight excluding hydrogens is 547 g/mol. The second kappa shape index (κ2) is 12.4. The number of hydrogen-bond acceptors (Lipinski definition) is 7. The van der Waals surface area contributed by atoms with Gasteiger partial charge in [-0.2, -0.15) is 22.0 Å². The van der Waals surface area contributed by atoms with E-state index in [-0.39, 0.29) is 41.4 Å². The van der Waals surface area contributed by atoms with Crippen LogP contribution >= 0.6 is 0 Å². The third kappa shape index (κ3) is 8.18. The largest absolute Gasteiger partial charge is 0.435 e. The van der Waals surface area contributed by atoms with Crippen molar-refractivity contribution >= 4 is 28.1 Å². The van der Waals surface area contributed by atoms with E-state index in [1.807, 2.05) is 0 Å². The summed E-state index contributed by atoms with van der Waals surface area (Å²) in [6.07, 6.45) is -3.12. The minimum atomic E-state index is -4.38. The summed E-state index contributed by atoms with van der Waals surface area (Å²) in [5.41, 5.74) is -0.0315. The van der Waals surface area contributed by atoms with E-state index in [1.54, 1.807) is 18.9 Å². The molecule has 2 N–H and O–H groups in total. The van der Waals surface area contributed by atoms with Crippen LogP contribution in [0.1, 0.15) is 35.5 Å². The first-order valence-corrected chi connectivity index (χ1v) is 13.3. The summed E-state index contributed by atoms with van der Waals surface area (Å²) in [5, 5.41) is 11.5. The molecule has 1 unspecified atom stereocenters. The molecule has 0 aliphatic carbocycles. The molecular formula is C25H29F5N4O4S. The van der Waals surface area contributed by atoms with Gasteiger partial charge in [-0.15, -0.1) is 0 Å². The Bertz CT molecular complexity index is 1220. The highest BCUT2D eigenvalue weighted by atomic mass is 32.2. The Morgan fingerprint density at radius 1 is 1.26 bits per heavy atom. The molecule has 39 heavy (non-hydrogen) atoms. The third-order valence-electron chi connectivity index (χ3n) is 6.00. The number of halogens is 5. The van der Waals surface area contributed by atoms with Gasteiger partial charge in [0.15, 0.2) is 0 Å². The first-order valence-electron chi connectivity index (χ1n) is 11.9. The maximum absolute atomic E-state index is 12.9. The highest BCUT2D eigenvalue weighted by Gasteiger charge is 2.40. The molecule has 14 heteroatoms. The van der Waals surface area contributed by atoms with E-state index in [2.05, 4.69) is 15.0 Å². The van der Waals surface area contributed by atoms with Gasteiger partial charge in [0.1, 0.15) is 11.4 Å². The minimum Gasteiger partial charge on any atom is -0.435 e. The molecule has 1 amide bonds. The molecule has 0 saturated carbocycles. The van der Waals surface area contributed by atoms with Gasteiger partial charge >= 0.3 is 12.8 Å². The Labute approximate surface area is 224 Å². The van der Waals surface area contributed by atoms with Gasteiger partial charge in [-0.05, 0) is 25.1 Å². The van der Waals surface area contributed by atoms with Crippen LogP contribution in [0.4, 0.5) is 27.6 Å². The number of nitrogens with one attached hydrogen (secondary N) is 2. The first kappa shape index (κ1) is 30.4. The second-order valence-corrected chi connectivity index (χ2v) is 11.0. The average molecular weight is 577 g/mol. The fraction of sp³-hybridized carbons (Fsp3) is 0.480. The lowest BCUT2D eigenvalue weighted by Crippen LogP contribution is -2.61. The molecule has 1 aromatic heterocycles. The number of likely N-dealkylation sites (N-methyl/N-ethyl adjacent to an activating group) is 1. The van der Waals surface area contributed by atoms with Crippen molar-refractivity contribution in [2.75, 3.05) is 43.2 Å². The van der Waals surface area contributed by atoms with Gasteiger partial charge in [0.25, 0.3) is 5.91 Å². The Kier molecular flexibility index (Phi) is 9.64. The van der Waals surface area contributed by atoms with Gasteiger partial charge in [-0.3, -0.25) is 19.4 Å². The molecule has 0 spiro atoms. The van der Waals surface area contributed by atoms with Crippen LogP contribution in [0.3, 0.4) is 0 Å². The fourth-order valence-electron chi connectivity index (χ4n) is 3.79. The van der Waals surface area contributed by atoms with Crippen LogP contribution in [0.15, 0.2) is 36.5 Å². The Morgan fingerprint density at radius 2 is 1.95 bits per heavy atom. The van der Waals surface area contributed by atoms with E-state index >= 15 is 0 Å². The number of carbonyl (C=O) groups is 1. The van der Waals surface area contributed by atoms with E-state index in [4.69, 9.17) is 10.1 Å². The van der Waals surface area contributed by atoms with E-state index in [0.717, 1.165) is 6.92 Å². The maximum atomic E-state index is 12.9. The molecule has 0 bridgehead atoms. The average Bonchev–Trinajstić information content (AvgIpc) is 2.83. The summed E-state index contributed by atoms with van der Waals surface area (Å²) in [7, 11) is 0.591. The van der Waals surface area contributed by atoms with Gasteiger partial charge < -0.3 is 19.7 Å². The van der Waals surface area contributed by atoms with Crippen LogP contribution in [0.25, 0.3) is 0 Å². The first-order chi connectivity index (χ1) is 18.2. The zero-order valence-corrected chi connectivity index (χ0v) is 22.3. The normalized spacial score (nSPS) is 19.8. The summed E-state index contributed by atoms with van der Waals surface area (Å²) in [6.45, 7) is -0.784. The summed E-state index contributed by atoms with van der Waals surface area (Å²) < 4.78 is 84.8. The zero-order chi connectivity index (χ0) is 29.0. The summed E-state index contributed by atoms with van der Waals surface area (Å²) in [4.78, 5) is 18.8. The quantitative estimate of drug-likeness (QED) is 0.225. The smallest absolute Gasteiger partial charge is 0.393 e. The van der Waals surface area contributed by atoms with Crippen molar-refractivity contribution in [3.8, 4) is 5.75 Å². The number of anilines is 1. The molecule has 1 atom stereocenters. The summed E-state index contributed by atoms with van der Waals surface area (Å²) >= 11 is 0. The number of aromatic nitrogens is 1. The Balaban J connectivity index is 1.85. The number of carbonyl (C=O) groups excluding carboxylic acids is 1. The molecule has 214 valence electrons. The zero-order valence-electron chi connectivity index (χ0n) is 21.5. The number of ether oxygens (including phenoxy) is 2. The standard InChI is InChI=1S/C25H29F5N4O4S/c1-15(25(28,29)30)12-37-8-7-34(3)19-10-17(22(35)33-24(2)13-39(36)14-24)11-32-21(19)20(31)16-5-4-6-18(9-16)38-23(26)27/h4-6,9-11,15,23,31H,7-8,12-14H2,1-3H3,(H,33,35). The van der Waals surface area contributed by atoms with E-state index in [1.165, 1.54) is 36.5 Å². The van der Waals surface area contributed by atoms with Gasteiger partial charge in [0, 0.05) is 47.7 Å². The number of alkyl halides is 5. The Morgan fingerprint density at radius 3 is 2.56 bits per heavy atom. The van der Waals surface area contributed by atoms with Crippen LogP contribution in [0.2, 0.25) is 0 Å². The third-order valence-corrected chi connectivity index (χ3v) is 7.92. The van der Waals surface area contributed by atoms with Crippen molar-refractivity contribution in [3.63, 3.8) is 0 Å². The molecule has 0 radical (unpaired) electrons. The maximum Gasteiger partial charge on any atom is 0.393 e. The number of hydrogen-bond donors (Lipinski definition) is 2. The van der Waals surface area contributed by atoms with Crippen LogP contribution in [-0.4, -0.2) is 77.5 Å². The summed E-state index contributed by atoms with van der Waals surface area (Å²) in [6, 6.07) is 6.98. The number of benzene rings is 1. The molecule has 1 aliphatic heterocycles. The molecule has 2 aromatic rings. The van der Waals surface area contributed by atoms with Crippen LogP contribution < -0.4 is 15.0 Å². The minimum absolute atomic E-state index is 0.0816. The number of pyridine rings is 1. The predicted octanol–water partition coefficient (Wildman–Crippen LogP) is 4.00. The van der Waals surface area contributed by atoms with Crippen molar-refractivity contribution in [2.24, 2.45) is 5.92 Å². The van der Waals surface area contributed by atoms with Crippen LogP contribution in [-0.2, 0) is 15.5 Å². The van der Waals surface area contributed by atoms with Gasteiger partial charge in [-0.25, -0.2) is 0 Å². The molecule has 8 nitrogen and oxygen atoms in total.